The molecule has 1 unspecified atom stereocenters. The van der Waals surface area contributed by atoms with E-state index in [9.17, 15) is 4.79 Å². The highest BCUT2D eigenvalue weighted by Crippen LogP contribution is 2.15. The average molecular weight is 272 g/mol. The summed E-state index contributed by atoms with van der Waals surface area (Å²) in [5, 5.41) is 10.1. The fourth-order valence-electron chi connectivity index (χ4n) is 1.97. The molecule has 0 spiro atoms. The Morgan fingerprint density at radius 3 is 2.70 bits per heavy atom. The van der Waals surface area contributed by atoms with E-state index in [1.807, 2.05) is 50.5 Å². The molecule has 5 heteroatoms. The molecule has 0 fully saturated rings. The zero-order chi connectivity index (χ0) is 14.4. The number of hydrogen-bond acceptors (Lipinski definition) is 3. The van der Waals surface area contributed by atoms with E-state index < -0.39 is 0 Å². The third-order valence-electron chi connectivity index (χ3n) is 3.14. The fraction of sp³-hybridized carbons (Fsp3) is 0.333. The summed E-state index contributed by atoms with van der Waals surface area (Å²) in [6.45, 7) is 2.68. The predicted molar refractivity (Wildman–Crippen MR) is 78.7 cm³/mol. The van der Waals surface area contributed by atoms with Crippen molar-refractivity contribution >= 4 is 5.91 Å². The highest BCUT2D eigenvalue weighted by molar-refractivity contribution is 5.76. The molecule has 2 aromatic rings. The summed E-state index contributed by atoms with van der Waals surface area (Å²) in [6.07, 6.45) is 4.14. The lowest BCUT2D eigenvalue weighted by Crippen LogP contribution is -2.29. The molecular formula is C15H20N4O. The van der Waals surface area contributed by atoms with Gasteiger partial charge in [0.15, 0.2) is 0 Å². The molecule has 1 heterocycles. The third kappa shape index (κ3) is 3.68. The first kappa shape index (κ1) is 14.3. The van der Waals surface area contributed by atoms with Gasteiger partial charge >= 0.3 is 0 Å². The van der Waals surface area contributed by atoms with E-state index in [1.165, 1.54) is 0 Å². The molecule has 1 aromatic heterocycles. The van der Waals surface area contributed by atoms with Crippen molar-refractivity contribution in [2.75, 3.05) is 13.6 Å². The van der Waals surface area contributed by atoms with Crippen LogP contribution in [0.1, 0.15) is 24.9 Å². The summed E-state index contributed by atoms with van der Waals surface area (Å²) in [4.78, 5) is 11.7. The molecule has 0 saturated carbocycles. The van der Waals surface area contributed by atoms with Gasteiger partial charge in [0.25, 0.3) is 0 Å². The van der Waals surface area contributed by atoms with Gasteiger partial charge in [-0.15, -0.1) is 0 Å². The van der Waals surface area contributed by atoms with Crippen molar-refractivity contribution < 1.29 is 4.79 Å². The second-order valence-corrected chi connectivity index (χ2v) is 4.68. The Morgan fingerprint density at radius 2 is 2.10 bits per heavy atom. The minimum Gasteiger partial charge on any atom is -0.350 e. The molecule has 2 N–H and O–H groups in total. The number of nitrogens with one attached hydrogen (secondary N) is 2. The zero-order valence-electron chi connectivity index (χ0n) is 11.8. The number of hydrogen-bond donors (Lipinski definition) is 2. The summed E-state index contributed by atoms with van der Waals surface area (Å²) in [5.41, 5.74) is 2.09. The van der Waals surface area contributed by atoms with Gasteiger partial charge in [-0.1, -0.05) is 12.1 Å². The maximum absolute atomic E-state index is 11.7. The second kappa shape index (κ2) is 6.86. The maximum atomic E-state index is 11.7. The molecule has 0 aliphatic rings. The van der Waals surface area contributed by atoms with Gasteiger partial charge in [-0.2, -0.15) is 5.10 Å². The molecule has 5 nitrogen and oxygen atoms in total. The zero-order valence-corrected chi connectivity index (χ0v) is 11.8. The first-order valence-corrected chi connectivity index (χ1v) is 6.74. The molecule has 1 aromatic carbocycles. The standard InChI is InChI=1S/C15H20N4O/c1-12(18-15(20)8-10-16-2)13-4-6-14(7-5-13)19-11-3-9-17-19/h3-7,9,11-12,16H,8,10H2,1-2H3,(H,18,20). The van der Waals surface area contributed by atoms with Gasteiger partial charge in [0, 0.05) is 25.4 Å². The normalized spacial score (nSPS) is 12.1. The molecule has 0 aliphatic heterocycles. The van der Waals surface area contributed by atoms with Gasteiger partial charge in [0.1, 0.15) is 0 Å². The van der Waals surface area contributed by atoms with E-state index in [2.05, 4.69) is 15.7 Å². The highest BCUT2D eigenvalue weighted by Gasteiger charge is 2.09. The van der Waals surface area contributed by atoms with Crippen LogP contribution in [-0.4, -0.2) is 29.3 Å². The lowest BCUT2D eigenvalue weighted by atomic mass is 10.1. The number of nitrogens with zero attached hydrogens (tertiary/aromatic N) is 2. The fourth-order valence-corrected chi connectivity index (χ4v) is 1.97. The van der Waals surface area contributed by atoms with Crippen molar-refractivity contribution in [1.82, 2.24) is 20.4 Å². The Balaban J connectivity index is 1.97. The molecule has 20 heavy (non-hydrogen) atoms. The van der Waals surface area contributed by atoms with Crippen LogP contribution in [0.3, 0.4) is 0 Å². The Hall–Kier alpha value is -2.14. The average Bonchev–Trinajstić information content (AvgIpc) is 2.99. The minimum atomic E-state index is 0.00558. The van der Waals surface area contributed by atoms with Crippen LogP contribution in [-0.2, 0) is 4.79 Å². The lowest BCUT2D eigenvalue weighted by Gasteiger charge is -2.15. The molecular weight excluding hydrogens is 252 g/mol. The van der Waals surface area contributed by atoms with Crippen LogP contribution in [0.25, 0.3) is 5.69 Å². The van der Waals surface area contributed by atoms with Crippen LogP contribution in [0.4, 0.5) is 0 Å². The third-order valence-corrected chi connectivity index (χ3v) is 3.14. The molecule has 2 rings (SSSR count). The van der Waals surface area contributed by atoms with Crippen LogP contribution in [0.2, 0.25) is 0 Å². The predicted octanol–water partition coefficient (Wildman–Crippen LogP) is 1.66. The van der Waals surface area contributed by atoms with E-state index in [4.69, 9.17) is 0 Å². The number of carbonyl (C=O) groups excluding carboxylic acids is 1. The SMILES string of the molecule is CNCCC(=O)NC(C)c1ccc(-n2cccn2)cc1. The first-order chi connectivity index (χ1) is 9.70. The van der Waals surface area contributed by atoms with Crippen LogP contribution < -0.4 is 10.6 Å². The second-order valence-electron chi connectivity index (χ2n) is 4.68. The van der Waals surface area contributed by atoms with Crippen molar-refractivity contribution in [2.45, 2.75) is 19.4 Å². The number of aromatic nitrogens is 2. The molecule has 106 valence electrons. The molecule has 0 radical (unpaired) electrons. The van der Waals surface area contributed by atoms with Gasteiger partial charge < -0.3 is 10.6 Å². The number of carbonyl (C=O) groups is 1. The largest absolute Gasteiger partial charge is 0.350 e. The number of amides is 1. The molecule has 0 saturated heterocycles. The minimum absolute atomic E-state index is 0.00558. The van der Waals surface area contributed by atoms with Crippen molar-refractivity contribution in [3.05, 3.63) is 48.3 Å². The van der Waals surface area contributed by atoms with Crippen molar-refractivity contribution in [2.24, 2.45) is 0 Å². The summed E-state index contributed by atoms with van der Waals surface area (Å²) < 4.78 is 1.81. The number of benzene rings is 1. The van der Waals surface area contributed by atoms with Gasteiger partial charge in [0.2, 0.25) is 5.91 Å². The smallest absolute Gasteiger partial charge is 0.221 e. The van der Waals surface area contributed by atoms with Crippen molar-refractivity contribution in [1.29, 1.82) is 0 Å². The topological polar surface area (TPSA) is 59.0 Å². The molecule has 0 bridgehead atoms. The van der Waals surface area contributed by atoms with E-state index in [-0.39, 0.29) is 11.9 Å². The van der Waals surface area contributed by atoms with Crippen LogP contribution in [0.15, 0.2) is 42.7 Å². The van der Waals surface area contributed by atoms with E-state index in [0.29, 0.717) is 13.0 Å². The van der Waals surface area contributed by atoms with Gasteiger partial charge in [-0.3, -0.25) is 4.79 Å². The highest BCUT2D eigenvalue weighted by atomic mass is 16.1. The molecule has 1 amide bonds. The summed E-state index contributed by atoms with van der Waals surface area (Å²) in [5.74, 6) is 0.0583. The maximum Gasteiger partial charge on any atom is 0.221 e. The van der Waals surface area contributed by atoms with Gasteiger partial charge in [0.05, 0.1) is 11.7 Å². The van der Waals surface area contributed by atoms with Crippen LogP contribution in [0.5, 0.6) is 0 Å². The Kier molecular flexibility index (Phi) is 4.90. The lowest BCUT2D eigenvalue weighted by molar-refractivity contribution is -0.121. The molecule has 0 aliphatic carbocycles. The Bertz CT molecular complexity index is 534. The monoisotopic (exact) mass is 272 g/mol. The summed E-state index contributed by atoms with van der Waals surface area (Å²) >= 11 is 0. The van der Waals surface area contributed by atoms with E-state index in [0.717, 1.165) is 11.3 Å². The van der Waals surface area contributed by atoms with Crippen molar-refractivity contribution in [3.63, 3.8) is 0 Å². The summed E-state index contributed by atoms with van der Waals surface area (Å²) in [7, 11) is 1.84. The Labute approximate surface area is 119 Å². The van der Waals surface area contributed by atoms with Crippen LogP contribution >= 0.6 is 0 Å². The molecule has 1 atom stereocenters. The van der Waals surface area contributed by atoms with Gasteiger partial charge in [-0.05, 0) is 37.7 Å². The Morgan fingerprint density at radius 1 is 1.35 bits per heavy atom. The van der Waals surface area contributed by atoms with Crippen LogP contribution in [0, 0.1) is 0 Å². The quantitative estimate of drug-likeness (QED) is 0.841. The first-order valence-electron chi connectivity index (χ1n) is 6.74. The number of rotatable bonds is 6. The van der Waals surface area contributed by atoms with E-state index in [1.54, 1.807) is 10.9 Å². The summed E-state index contributed by atoms with van der Waals surface area (Å²) in [6, 6.07) is 9.92. The van der Waals surface area contributed by atoms with Crippen molar-refractivity contribution in [3.8, 4) is 5.69 Å². The van der Waals surface area contributed by atoms with Gasteiger partial charge in [-0.25, -0.2) is 4.68 Å². The van der Waals surface area contributed by atoms with E-state index >= 15 is 0 Å².